The molecule has 0 fully saturated rings. The van der Waals surface area contributed by atoms with Crippen LogP contribution in [0, 0.1) is 13.8 Å². The first kappa shape index (κ1) is 10.6. The summed E-state index contributed by atoms with van der Waals surface area (Å²) in [4.78, 5) is 0. The van der Waals surface area contributed by atoms with E-state index in [4.69, 9.17) is 4.42 Å². The van der Waals surface area contributed by atoms with E-state index in [0.29, 0.717) is 0 Å². The van der Waals surface area contributed by atoms with Crippen LogP contribution in [0.1, 0.15) is 23.8 Å². The minimum absolute atomic E-state index is 0.892. The largest absolute Gasteiger partial charge is 0.456 e. The summed E-state index contributed by atoms with van der Waals surface area (Å²) >= 11 is 1.78. The average Bonchev–Trinajstić information content (AvgIpc) is 2.92. The Kier molecular flexibility index (Phi) is 2.17. The molecule has 86 valence electrons. The molecule has 3 aromatic rings. The number of thiophene rings is 1. The summed E-state index contributed by atoms with van der Waals surface area (Å²) in [6.45, 7) is 10.2. The molecule has 0 aliphatic heterocycles. The van der Waals surface area contributed by atoms with Gasteiger partial charge in [-0.15, -0.1) is 11.3 Å². The lowest BCUT2D eigenvalue weighted by Gasteiger charge is -2.02. The van der Waals surface area contributed by atoms with Crippen molar-refractivity contribution in [3.05, 3.63) is 41.0 Å². The fourth-order valence-corrected chi connectivity index (χ4v) is 3.26. The summed E-state index contributed by atoms with van der Waals surface area (Å²) in [5.41, 5.74) is 4.53. The minimum Gasteiger partial charge on any atom is -0.456 e. The maximum atomic E-state index is 5.93. The molecule has 0 radical (unpaired) electrons. The van der Waals surface area contributed by atoms with Crippen molar-refractivity contribution in [2.45, 2.75) is 20.8 Å². The van der Waals surface area contributed by atoms with E-state index in [9.17, 15) is 0 Å². The Morgan fingerprint density at radius 2 is 2.00 bits per heavy atom. The highest BCUT2D eigenvalue weighted by Crippen LogP contribution is 2.37. The van der Waals surface area contributed by atoms with Crippen molar-refractivity contribution in [2.75, 3.05) is 0 Å². The Morgan fingerprint density at radius 1 is 1.24 bits per heavy atom. The Balaban J connectivity index is 2.53. The van der Waals surface area contributed by atoms with Crippen LogP contribution in [-0.2, 0) is 0 Å². The number of allylic oxidation sites excluding steroid dienone is 1. The fourth-order valence-electron chi connectivity index (χ4n) is 2.30. The molecule has 0 N–H and O–H groups in total. The highest BCUT2D eigenvalue weighted by molar-refractivity contribution is 7.17. The second kappa shape index (κ2) is 3.47. The lowest BCUT2D eigenvalue weighted by atomic mass is 10.0. The summed E-state index contributed by atoms with van der Waals surface area (Å²) in [5.74, 6) is 0.892. The number of hydrogen-bond donors (Lipinski definition) is 0. The monoisotopic (exact) mass is 242 g/mol. The molecular weight excluding hydrogens is 228 g/mol. The van der Waals surface area contributed by atoms with Crippen LogP contribution in [0.15, 0.2) is 28.5 Å². The topological polar surface area (TPSA) is 13.1 Å². The smallest absolute Gasteiger partial charge is 0.139 e. The molecule has 2 aromatic heterocycles. The number of hydrogen-bond acceptors (Lipinski definition) is 2. The molecule has 0 saturated heterocycles. The third-order valence-corrected chi connectivity index (χ3v) is 4.34. The van der Waals surface area contributed by atoms with Crippen molar-refractivity contribution in [3.8, 4) is 0 Å². The Hall–Kier alpha value is -1.54. The minimum atomic E-state index is 0.892. The van der Waals surface area contributed by atoms with E-state index < -0.39 is 0 Å². The standard InChI is InChI=1S/C15H14OS/c1-8(2)13-7-12-9(3)11-5-6-17-15(11)10(4)14(12)16-13/h5-7H,1H2,2-4H3. The van der Waals surface area contributed by atoms with E-state index in [0.717, 1.165) is 16.9 Å². The quantitative estimate of drug-likeness (QED) is 0.564. The van der Waals surface area contributed by atoms with Crippen LogP contribution < -0.4 is 0 Å². The molecule has 2 heterocycles. The molecular formula is C15H14OS. The van der Waals surface area contributed by atoms with Crippen molar-refractivity contribution in [1.82, 2.24) is 0 Å². The van der Waals surface area contributed by atoms with E-state index in [1.807, 2.05) is 6.92 Å². The van der Waals surface area contributed by atoms with Gasteiger partial charge >= 0.3 is 0 Å². The Morgan fingerprint density at radius 3 is 2.71 bits per heavy atom. The second-order valence-electron chi connectivity index (χ2n) is 4.55. The Bertz CT molecular complexity index is 689. The van der Waals surface area contributed by atoms with Crippen molar-refractivity contribution in [1.29, 1.82) is 0 Å². The molecule has 0 unspecified atom stereocenters. The summed E-state index contributed by atoms with van der Waals surface area (Å²) in [6, 6.07) is 4.30. The zero-order valence-electron chi connectivity index (χ0n) is 10.3. The van der Waals surface area contributed by atoms with Gasteiger partial charge in [-0.2, -0.15) is 0 Å². The van der Waals surface area contributed by atoms with E-state index in [-0.39, 0.29) is 0 Å². The van der Waals surface area contributed by atoms with Crippen LogP contribution in [-0.4, -0.2) is 0 Å². The first-order valence-corrected chi connectivity index (χ1v) is 6.53. The van der Waals surface area contributed by atoms with Crippen molar-refractivity contribution in [2.24, 2.45) is 0 Å². The number of fused-ring (bicyclic) bond motifs is 2. The highest BCUT2D eigenvalue weighted by atomic mass is 32.1. The predicted octanol–water partition coefficient (Wildman–Crippen LogP) is 5.30. The molecule has 0 aliphatic rings. The Labute approximate surface area is 104 Å². The van der Waals surface area contributed by atoms with Crippen LogP contribution in [0.3, 0.4) is 0 Å². The molecule has 0 saturated carbocycles. The maximum absolute atomic E-state index is 5.93. The van der Waals surface area contributed by atoms with Gasteiger partial charge < -0.3 is 4.42 Å². The van der Waals surface area contributed by atoms with Crippen molar-refractivity contribution < 1.29 is 4.42 Å². The lowest BCUT2D eigenvalue weighted by Crippen LogP contribution is -1.80. The molecule has 0 spiro atoms. The average molecular weight is 242 g/mol. The van der Waals surface area contributed by atoms with Crippen molar-refractivity contribution >= 4 is 38.0 Å². The first-order chi connectivity index (χ1) is 8.09. The SMILES string of the molecule is C=C(C)c1cc2c(C)c3ccsc3c(C)c2o1. The van der Waals surface area contributed by atoms with E-state index >= 15 is 0 Å². The van der Waals surface area contributed by atoms with Gasteiger partial charge in [0.15, 0.2) is 0 Å². The molecule has 0 atom stereocenters. The number of rotatable bonds is 1. The molecule has 1 nitrogen and oxygen atoms in total. The van der Waals surface area contributed by atoms with Crippen LogP contribution >= 0.6 is 11.3 Å². The summed E-state index contributed by atoms with van der Waals surface area (Å²) in [6.07, 6.45) is 0. The van der Waals surface area contributed by atoms with Gasteiger partial charge in [0.05, 0.1) is 0 Å². The molecule has 2 heteroatoms. The molecule has 0 bridgehead atoms. The van der Waals surface area contributed by atoms with Crippen LogP contribution in [0.4, 0.5) is 0 Å². The second-order valence-corrected chi connectivity index (χ2v) is 5.46. The molecule has 17 heavy (non-hydrogen) atoms. The number of furan rings is 1. The summed E-state index contributed by atoms with van der Waals surface area (Å²) < 4.78 is 7.26. The van der Waals surface area contributed by atoms with E-state index in [1.54, 1.807) is 11.3 Å². The molecule has 1 aromatic carbocycles. The highest BCUT2D eigenvalue weighted by Gasteiger charge is 2.14. The zero-order valence-corrected chi connectivity index (χ0v) is 11.1. The maximum Gasteiger partial charge on any atom is 0.139 e. The predicted molar refractivity (Wildman–Crippen MR) is 75.8 cm³/mol. The first-order valence-electron chi connectivity index (χ1n) is 5.65. The van der Waals surface area contributed by atoms with Gasteiger partial charge in [-0.1, -0.05) is 6.58 Å². The van der Waals surface area contributed by atoms with Gasteiger partial charge in [-0.25, -0.2) is 0 Å². The number of benzene rings is 1. The summed E-state index contributed by atoms with van der Waals surface area (Å²) in [5, 5.41) is 4.70. The molecule has 0 amide bonds. The fraction of sp³-hybridized carbons (Fsp3) is 0.200. The molecule has 0 aliphatic carbocycles. The van der Waals surface area contributed by atoms with E-state index in [1.165, 1.54) is 26.6 Å². The summed E-state index contributed by atoms with van der Waals surface area (Å²) in [7, 11) is 0. The van der Waals surface area contributed by atoms with Gasteiger partial charge in [0.2, 0.25) is 0 Å². The number of aryl methyl sites for hydroxylation is 2. The third kappa shape index (κ3) is 1.37. The van der Waals surface area contributed by atoms with Crippen LogP contribution in [0.2, 0.25) is 0 Å². The zero-order chi connectivity index (χ0) is 12.2. The van der Waals surface area contributed by atoms with Gasteiger partial charge in [0.25, 0.3) is 0 Å². The molecule has 3 rings (SSSR count). The van der Waals surface area contributed by atoms with Gasteiger partial charge in [-0.3, -0.25) is 0 Å². The third-order valence-electron chi connectivity index (χ3n) is 3.31. The van der Waals surface area contributed by atoms with Gasteiger partial charge in [-0.05, 0) is 54.8 Å². The van der Waals surface area contributed by atoms with Crippen LogP contribution in [0.5, 0.6) is 0 Å². The van der Waals surface area contributed by atoms with Crippen molar-refractivity contribution in [3.63, 3.8) is 0 Å². The van der Waals surface area contributed by atoms with Gasteiger partial charge in [0, 0.05) is 15.6 Å². The van der Waals surface area contributed by atoms with Crippen LogP contribution in [0.25, 0.3) is 26.6 Å². The lowest BCUT2D eigenvalue weighted by molar-refractivity contribution is 0.598. The normalized spacial score (nSPS) is 11.5. The van der Waals surface area contributed by atoms with E-state index in [2.05, 4.69) is 37.9 Å². The van der Waals surface area contributed by atoms with Gasteiger partial charge in [0.1, 0.15) is 11.3 Å².